The first-order chi connectivity index (χ1) is 11.4. The van der Waals surface area contributed by atoms with Crippen LogP contribution in [0, 0.1) is 5.41 Å². The van der Waals surface area contributed by atoms with Gasteiger partial charge in [0.25, 0.3) is 0 Å². The highest BCUT2D eigenvalue weighted by atomic mass is 35.5. The Kier molecular flexibility index (Phi) is 6.10. The smallest absolute Gasteiger partial charge is 0.239 e. The number of nitrogens with one attached hydrogen (secondary N) is 1. The average molecular weight is 353 g/mol. The Hall–Kier alpha value is -1.75. The molecule has 0 spiro atoms. The zero-order chi connectivity index (χ0) is 17.7. The van der Waals surface area contributed by atoms with E-state index in [1.807, 2.05) is 4.90 Å². The second-order valence-corrected chi connectivity index (χ2v) is 7.04. The molecule has 1 N–H and O–H groups in total. The molecule has 1 aliphatic rings. The van der Waals surface area contributed by atoms with Crippen molar-refractivity contribution >= 4 is 29.1 Å². The normalized spacial score (nSPS) is 15.6. The third kappa shape index (κ3) is 4.20. The van der Waals surface area contributed by atoms with E-state index in [1.165, 1.54) is 7.11 Å². The minimum atomic E-state index is -1.13. The van der Waals surface area contributed by atoms with Gasteiger partial charge in [0, 0.05) is 18.8 Å². The van der Waals surface area contributed by atoms with Crippen LogP contribution in [0.4, 0.5) is 5.69 Å². The van der Waals surface area contributed by atoms with Crippen LogP contribution >= 0.6 is 11.6 Å². The first-order valence-corrected chi connectivity index (χ1v) is 8.68. The van der Waals surface area contributed by atoms with E-state index in [0.29, 0.717) is 16.5 Å². The predicted molar refractivity (Wildman–Crippen MR) is 95.5 cm³/mol. The van der Waals surface area contributed by atoms with Gasteiger partial charge >= 0.3 is 0 Å². The van der Waals surface area contributed by atoms with E-state index in [4.69, 9.17) is 16.3 Å². The predicted octanol–water partition coefficient (Wildman–Crippen LogP) is 3.72. The molecule has 0 radical (unpaired) electrons. The lowest BCUT2D eigenvalue weighted by Crippen LogP contribution is -2.47. The Bertz CT molecular complexity index is 608. The van der Waals surface area contributed by atoms with Crippen molar-refractivity contribution in [1.82, 2.24) is 4.90 Å². The fraction of sp³-hybridized carbons (Fsp3) is 0.556. The van der Waals surface area contributed by atoms with Gasteiger partial charge in [0.15, 0.2) is 0 Å². The van der Waals surface area contributed by atoms with Gasteiger partial charge in [0.2, 0.25) is 11.8 Å². The van der Waals surface area contributed by atoms with Crippen molar-refractivity contribution in [2.45, 2.75) is 39.5 Å². The molecule has 6 heteroatoms. The number of halogens is 1. The lowest BCUT2D eigenvalue weighted by molar-refractivity contribution is -0.146. The van der Waals surface area contributed by atoms with Crippen LogP contribution in [-0.4, -0.2) is 36.9 Å². The SMILES string of the molecule is COc1ccc(NC(=O)C(C)(C)C(=O)N2CCCCCC2)cc1Cl. The summed E-state index contributed by atoms with van der Waals surface area (Å²) in [5, 5.41) is 3.19. The fourth-order valence-electron chi connectivity index (χ4n) is 2.80. The van der Waals surface area contributed by atoms with Crippen LogP contribution in [0.5, 0.6) is 5.75 Å². The first kappa shape index (κ1) is 18.6. The maximum atomic E-state index is 12.8. The number of rotatable bonds is 4. The molecule has 1 saturated heterocycles. The number of ether oxygens (including phenoxy) is 1. The highest BCUT2D eigenvalue weighted by Gasteiger charge is 2.39. The van der Waals surface area contributed by atoms with Crippen molar-refractivity contribution in [1.29, 1.82) is 0 Å². The molecule has 0 aromatic heterocycles. The Balaban J connectivity index is 2.08. The van der Waals surface area contributed by atoms with Gasteiger partial charge in [-0.3, -0.25) is 9.59 Å². The molecule has 132 valence electrons. The molecule has 1 fully saturated rings. The number of amides is 2. The van der Waals surface area contributed by atoms with Gasteiger partial charge in [-0.15, -0.1) is 0 Å². The van der Waals surface area contributed by atoms with Crippen LogP contribution in [0.2, 0.25) is 5.02 Å². The van der Waals surface area contributed by atoms with E-state index in [2.05, 4.69) is 5.32 Å². The highest BCUT2D eigenvalue weighted by molar-refractivity contribution is 6.32. The molecule has 0 atom stereocenters. The van der Waals surface area contributed by atoms with Gasteiger partial charge in [0.1, 0.15) is 11.2 Å². The zero-order valence-corrected chi connectivity index (χ0v) is 15.3. The molecule has 1 aliphatic heterocycles. The van der Waals surface area contributed by atoms with Crippen molar-refractivity contribution in [2.75, 3.05) is 25.5 Å². The number of hydrogen-bond donors (Lipinski definition) is 1. The van der Waals surface area contributed by atoms with E-state index in [0.717, 1.165) is 38.8 Å². The summed E-state index contributed by atoms with van der Waals surface area (Å²) in [6, 6.07) is 5.00. The third-order valence-electron chi connectivity index (χ3n) is 4.41. The maximum absolute atomic E-state index is 12.8. The number of methoxy groups -OCH3 is 1. The lowest BCUT2D eigenvalue weighted by atomic mass is 9.90. The topological polar surface area (TPSA) is 58.6 Å². The number of anilines is 1. The summed E-state index contributed by atoms with van der Waals surface area (Å²) in [5.41, 5.74) is -0.584. The number of likely N-dealkylation sites (tertiary alicyclic amines) is 1. The summed E-state index contributed by atoms with van der Waals surface area (Å²) in [4.78, 5) is 27.2. The molecule has 0 bridgehead atoms. The molecule has 5 nitrogen and oxygen atoms in total. The van der Waals surface area contributed by atoms with Crippen molar-refractivity contribution in [3.63, 3.8) is 0 Å². The molecular weight excluding hydrogens is 328 g/mol. The van der Waals surface area contributed by atoms with E-state index >= 15 is 0 Å². The van der Waals surface area contributed by atoms with Crippen LogP contribution in [0.1, 0.15) is 39.5 Å². The van der Waals surface area contributed by atoms with Crippen LogP contribution in [0.25, 0.3) is 0 Å². The van der Waals surface area contributed by atoms with E-state index in [1.54, 1.807) is 32.0 Å². The standard InChI is InChI=1S/C18H25ClN2O3/c1-18(2,17(23)21-10-6-4-5-7-11-21)16(22)20-13-8-9-15(24-3)14(19)12-13/h8-9,12H,4-7,10-11H2,1-3H3,(H,20,22). The summed E-state index contributed by atoms with van der Waals surface area (Å²) < 4.78 is 5.10. The van der Waals surface area contributed by atoms with Crippen LogP contribution in [0.15, 0.2) is 18.2 Å². The van der Waals surface area contributed by atoms with Gasteiger partial charge in [-0.25, -0.2) is 0 Å². The van der Waals surface area contributed by atoms with Gasteiger partial charge in [-0.2, -0.15) is 0 Å². The van der Waals surface area contributed by atoms with Crippen molar-refractivity contribution in [2.24, 2.45) is 5.41 Å². The summed E-state index contributed by atoms with van der Waals surface area (Å²) >= 11 is 6.08. The van der Waals surface area contributed by atoms with Gasteiger partial charge < -0.3 is 15.0 Å². The molecular formula is C18H25ClN2O3. The average Bonchev–Trinajstić information content (AvgIpc) is 2.83. The molecule has 24 heavy (non-hydrogen) atoms. The fourth-order valence-corrected chi connectivity index (χ4v) is 3.06. The second kappa shape index (κ2) is 7.88. The van der Waals surface area contributed by atoms with Gasteiger partial charge in [0.05, 0.1) is 12.1 Å². The van der Waals surface area contributed by atoms with Crippen LogP contribution < -0.4 is 10.1 Å². The van der Waals surface area contributed by atoms with Crippen LogP contribution in [-0.2, 0) is 9.59 Å². The quantitative estimate of drug-likeness (QED) is 0.840. The number of hydrogen-bond acceptors (Lipinski definition) is 3. The molecule has 1 heterocycles. The molecule has 2 rings (SSSR count). The maximum Gasteiger partial charge on any atom is 0.239 e. The molecule has 1 aromatic carbocycles. The Morgan fingerprint density at radius 1 is 1.17 bits per heavy atom. The summed E-state index contributed by atoms with van der Waals surface area (Å²) in [5.74, 6) is 0.0778. The summed E-state index contributed by atoms with van der Waals surface area (Å²) in [6.07, 6.45) is 4.27. The lowest BCUT2D eigenvalue weighted by Gasteiger charge is -2.30. The van der Waals surface area contributed by atoms with Gasteiger partial charge in [-0.05, 0) is 44.9 Å². The summed E-state index contributed by atoms with van der Waals surface area (Å²) in [7, 11) is 1.53. The van der Waals surface area contributed by atoms with E-state index < -0.39 is 5.41 Å². The molecule has 1 aromatic rings. The summed E-state index contributed by atoms with van der Waals surface area (Å²) in [6.45, 7) is 4.79. The Labute approximate surface area is 148 Å². The second-order valence-electron chi connectivity index (χ2n) is 6.63. The largest absolute Gasteiger partial charge is 0.495 e. The Morgan fingerprint density at radius 3 is 2.33 bits per heavy atom. The monoisotopic (exact) mass is 352 g/mol. The minimum absolute atomic E-state index is 0.124. The van der Waals surface area contributed by atoms with Crippen molar-refractivity contribution < 1.29 is 14.3 Å². The number of carbonyl (C=O) groups is 2. The molecule has 2 amide bonds. The third-order valence-corrected chi connectivity index (χ3v) is 4.70. The number of carbonyl (C=O) groups excluding carboxylic acids is 2. The Morgan fingerprint density at radius 2 is 1.79 bits per heavy atom. The molecule has 0 saturated carbocycles. The first-order valence-electron chi connectivity index (χ1n) is 8.30. The van der Waals surface area contributed by atoms with Crippen LogP contribution in [0.3, 0.4) is 0 Å². The minimum Gasteiger partial charge on any atom is -0.495 e. The molecule has 0 aliphatic carbocycles. The highest BCUT2D eigenvalue weighted by Crippen LogP contribution is 2.29. The number of nitrogens with zero attached hydrogens (tertiary/aromatic N) is 1. The van der Waals surface area contributed by atoms with Crippen molar-refractivity contribution in [3.8, 4) is 5.75 Å². The van der Waals surface area contributed by atoms with Crippen molar-refractivity contribution in [3.05, 3.63) is 23.2 Å². The van der Waals surface area contributed by atoms with E-state index in [9.17, 15) is 9.59 Å². The zero-order valence-electron chi connectivity index (χ0n) is 14.5. The van der Waals surface area contributed by atoms with Gasteiger partial charge in [-0.1, -0.05) is 24.4 Å². The van der Waals surface area contributed by atoms with E-state index in [-0.39, 0.29) is 11.8 Å². The molecule has 0 unspecified atom stereocenters. The number of benzene rings is 1.